The number of nitrogen functional groups attached to an aromatic ring is 1. The van der Waals surface area contributed by atoms with Gasteiger partial charge in [0, 0.05) is 35.4 Å². The molecule has 1 unspecified atom stereocenters. The first-order valence-corrected chi connectivity index (χ1v) is 13.7. The maximum atomic E-state index is 15.4. The molecular weight excluding hydrogens is 594 g/mol. The lowest BCUT2D eigenvalue weighted by atomic mass is 10.0. The molecule has 2 aromatic heterocycles. The van der Waals surface area contributed by atoms with E-state index in [1.807, 2.05) is 19.1 Å². The van der Waals surface area contributed by atoms with Gasteiger partial charge in [0.1, 0.15) is 17.7 Å². The van der Waals surface area contributed by atoms with Crippen LogP contribution in [-0.2, 0) is 27.8 Å². The normalized spacial score (nSPS) is 12.1. The van der Waals surface area contributed by atoms with Crippen LogP contribution >= 0.6 is 0 Å². The number of ether oxygens (including phenoxy) is 1. The van der Waals surface area contributed by atoms with Crippen LogP contribution in [0.3, 0.4) is 0 Å². The largest absolute Gasteiger partial charge is 0.490 e. The molecule has 1 amide bonds. The van der Waals surface area contributed by atoms with E-state index in [0.29, 0.717) is 34.9 Å². The van der Waals surface area contributed by atoms with Gasteiger partial charge in [0.2, 0.25) is 0 Å². The summed E-state index contributed by atoms with van der Waals surface area (Å²) in [6.45, 7) is 0.803. The van der Waals surface area contributed by atoms with Crippen LogP contribution in [0.4, 0.5) is 34.8 Å². The first-order chi connectivity index (χ1) is 21.4. The number of para-hydroxylation sites is 1. The van der Waals surface area contributed by atoms with Gasteiger partial charge in [0.15, 0.2) is 18.3 Å². The molecule has 2 heterocycles. The first kappa shape index (κ1) is 30.9. The molecule has 4 N–H and O–H groups in total. The molecule has 3 aromatic carbocycles. The number of halogens is 4. The van der Waals surface area contributed by atoms with E-state index < -0.39 is 36.5 Å². The van der Waals surface area contributed by atoms with Crippen molar-refractivity contribution in [2.24, 2.45) is 7.05 Å². The summed E-state index contributed by atoms with van der Waals surface area (Å²) in [5.41, 5.74) is 8.36. The molecule has 0 aliphatic rings. The third kappa shape index (κ3) is 6.84. The van der Waals surface area contributed by atoms with Gasteiger partial charge in [-0.15, -0.1) is 0 Å². The Morgan fingerprint density at radius 1 is 1.07 bits per heavy atom. The second-order valence-electron chi connectivity index (χ2n) is 10.0. The highest BCUT2D eigenvalue weighted by Gasteiger charge is 2.41. The number of aromatic nitrogens is 4. The number of anilines is 3. The number of hydrogen-bond acceptors (Lipinski definition) is 8. The van der Waals surface area contributed by atoms with Gasteiger partial charge in [-0.05, 0) is 59.8 Å². The lowest BCUT2D eigenvalue weighted by molar-refractivity contribution is -0.199. The van der Waals surface area contributed by atoms with Crippen LogP contribution in [0.25, 0.3) is 22.2 Å². The number of pyridine rings is 1. The number of carbonyl (C=O) groups is 2. The van der Waals surface area contributed by atoms with Crippen molar-refractivity contribution in [3.8, 4) is 11.4 Å². The van der Waals surface area contributed by atoms with Gasteiger partial charge >= 0.3 is 12.1 Å². The van der Waals surface area contributed by atoms with Crippen molar-refractivity contribution in [3.05, 3.63) is 95.7 Å². The third-order valence-electron chi connectivity index (χ3n) is 6.95. The van der Waals surface area contributed by atoms with E-state index >= 15 is 4.39 Å². The smallest absolute Gasteiger partial charge is 0.449 e. The Hall–Kier alpha value is -5.53. The van der Waals surface area contributed by atoms with E-state index in [1.54, 1.807) is 55.7 Å². The average molecular weight is 622 g/mol. The second-order valence-corrected chi connectivity index (χ2v) is 10.0. The summed E-state index contributed by atoms with van der Waals surface area (Å²) in [4.78, 5) is 32.2. The third-order valence-corrected chi connectivity index (χ3v) is 6.95. The highest BCUT2D eigenvalue weighted by molar-refractivity contribution is 5.96. The van der Waals surface area contributed by atoms with Crippen LogP contribution in [-0.4, -0.2) is 44.4 Å². The van der Waals surface area contributed by atoms with Crippen molar-refractivity contribution in [1.29, 1.82) is 0 Å². The molecule has 5 aromatic rings. The quantitative estimate of drug-likeness (QED) is 0.144. The van der Waals surface area contributed by atoms with Crippen molar-refractivity contribution < 1.29 is 31.9 Å². The van der Waals surface area contributed by atoms with Crippen molar-refractivity contribution in [3.63, 3.8) is 0 Å². The van der Waals surface area contributed by atoms with Crippen LogP contribution < -0.4 is 16.4 Å². The number of nitrogens with two attached hydrogens (primary N) is 1. The predicted octanol–water partition coefficient (Wildman–Crippen LogP) is 5.56. The Morgan fingerprint density at radius 2 is 1.84 bits per heavy atom. The summed E-state index contributed by atoms with van der Waals surface area (Å²) in [6, 6.07) is 17.6. The summed E-state index contributed by atoms with van der Waals surface area (Å²) in [5.74, 6) is -3.10. The summed E-state index contributed by atoms with van der Waals surface area (Å²) >= 11 is 0. The van der Waals surface area contributed by atoms with Crippen molar-refractivity contribution >= 4 is 39.8 Å². The maximum absolute atomic E-state index is 15.4. The molecular formula is C31H27F4N7O3. The first-order valence-electron chi connectivity index (χ1n) is 13.7. The molecule has 0 aliphatic heterocycles. The molecule has 0 saturated carbocycles. The molecule has 10 nitrogen and oxygen atoms in total. The highest BCUT2D eigenvalue weighted by atomic mass is 19.4. The maximum Gasteiger partial charge on any atom is 0.490 e. The number of alkyl halides is 3. The topological polar surface area (TPSA) is 137 Å². The summed E-state index contributed by atoms with van der Waals surface area (Å²) in [6.07, 6.45) is -2.98. The molecule has 5 rings (SSSR count). The lowest BCUT2D eigenvalue weighted by Gasteiger charge is -2.21. The molecule has 1 atom stereocenters. The SMILES string of the molecule is CCc1ccc(F)c(C(Nc2ccc3c(N)nccc3c2)c2nc(-c3ccccc3NC(=O)COC(=O)C(F)(F)F)nn2C)c1. The number of fused-ring (bicyclic) bond motifs is 1. The average Bonchev–Trinajstić information content (AvgIpc) is 3.39. The number of rotatable bonds is 9. The molecule has 0 saturated heterocycles. The highest BCUT2D eigenvalue weighted by Crippen LogP contribution is 2.33. The Bertz CT molecular complexity index is 1890. The van der Waals surface area contributed by atoms with Gasteiger partial charge in [-0.2, -0.15) is 18.3 Å². The minimum atomic E-state index is -5.23. The number of hydrogen-bond donors (Lipinski definition) is 3. The zero-order valence-corrected chi connectivity index (χ0v) is 24.0. The minimum absolute atomic E-state index is 0.145. The van der Waals surface area contributed by atoms with Crippen LogP contribution in [0.5, 0.6) is 0 Å². The van der Waals surface area contributed by atoms with E-state index in [0.717, 1.165) is 16.3 Å². The Kier molecular flexibility index (Phi) is 8.66. The molecule has 45 heavy (non-hydrogen) atoms. The number of nitrogens with one attached hydrogen (secondary N) is 2. The molecule has 0 radical (unpaired) electrons. The number of nitrogens with zero attached hydrogens (tertiary/aromatic N) is 4. The van der Waals surface area contributed by atoms with Gasteiger partial charge in [-0.25, -0.2) is 19.2 Å². The van der Waals surface area contributed by atoms with Gasteiger partial charge in [0.25, 0.3) is 5.91 Å². The standard InChI is InChI=1S/C31H27F4N7O3/c1-3-17-8-11-23(32)22(14-17)26(38-19-9-10-20-18(15-19)12-13-37-27(20)36)29-40-28(41-42(29)2)21-6-4-5-7-24(21)39-25(43)16-45-30(44)31(33,34)35/h4-15,26,38H,3,16H2,1-2H3,(H2,36,37)(H,39,43). The van der Waals surface area contributed by atoms with Crippen LogP contribution in [0.15, 0.2) is 72.9 Å². The van der Waals surface area contributed by atoms with Crippen molar-refractivity contribution in [2.45, 2.75) is 25.6 Å². The molecule has 0 aliphatic carbocycles. The van der Waals surface area contributed by atoms with E-state index in [9.17, 15) is 22.8 Å². The molecule has 0 bridgehead atoms. The summed E-state index contributed by atoms with van der Waals surface area (Å²) in [5, 5.41) is 11.9. The monoisotopic (exact) mass is 621 g/mol. The number of esters is 1. The number of carbonyl (C=O) groups excluding carboxylic acids is 2. The van der Waals surface area contributed by atoms with E-state index in [-0.39, 0.29) is 11.5 Å². The van der Waals surface area contributed by atoms with Gasteiger partial charge < -0.3 is 21.1 Å². The molecule has 0 spiro atoms. The number of aryl methyl sites for hydroxylation is 2. The van der Waals surface area contributed by atoms with E-state index in [4.69, 9.17) is 10.7 Å². The van der Waals surface area contributed by atoms with Crippen molar-refractivity contribution in [1.82, 2.24) is 19.7 Å². The van der Waals surface area contributed by atoms with Crippen LogP contribution in [0, 0.1) is 5.82 Å². The van der Waals surface area contributed by atoms with Gasteiger partial charge in [0.05, 0.1) is 5.69 Å². The summed E-state index contributed by atoms with van der Waals surface area (Å²) in [7, 11) is 1.63. The predicted molar refractivity (Wildman–Crippen MR) is 159 cm³/mol. The van der Waals surface area contributed by atoms with Crippen LogP contribution in [0.2, 0.25) is 0 Å². The van der Waals surface area contributed by atoms with Gasteiger partial charge in [-0.1, -0.05) is 31.2 Å². The molecule has 0 fully saturated rings. The lowest BCUT2D eigenvalue weighted by Crippen LogP contribution is -2.29. The number of benzene rings is 3. The van der Waals surface area contributed by atoms with Gasteiger partial charge in [-0.3, -0.25) is 9.48 Å². The fourth-order valence-electron chi connectivity index (χ4n) is 4.72. The number of amides is 1. The van der Waals surface area contributed by atoms with E-state index in [2.05, 4.69) is 25.5 Å². The Morgan fingerprint density at radius 3 is 2.60 bits per heavy atom. The Labute approximate surface area is 254 Å². The Balaban J connectivity index is 1.51. The van der Waals surface area contributed by atoms with E-state index in [1.165, 1.54) is 16.8 Å². The zero-order valence-electron chi connectivity index (χ0n) is 24.0. The van der Waals surface area contributed by atoms with Crippen LogP contribution in [0.1, 0.15) is 29.9 Å². The summed E-state index contributed by atoms with van der Waals surface area (Å²) < 4.78 is 58.4. The molecule has 14 heteroatoms. The zero-order chi connectivity index (χ0) is 32.3. The molecule has 232 valence electrons. The minimum Gasteiger partial charge on any atom is -0.449 e. The van der Waals surface area contributed by atoms with Crippen molar-refractivity contribution in [2.75, 3.05) is 23.0 Å². The second kappa shape index (κ2) is 12.6. The fraction of sp³-hybridized carbons (Fsp3) is 0.194. The fourth-order valence-corrected chi connectivity index (χ4v) is 4.72.